The van der Waals surface area contributed by atoms with Crippen molar-refractivity contribution in [3.8, 4) is 11.6 Å². The number of hydrogen-bond acceptors (Lipinski definition) is 5. The highest BCUT2D eigenvalue weighted by atomic mass is 32.1. The van der Waals surface area contributed by atoms with Crippen LogP contribution in [0.15, 0.2) is 47.7 Å². The highest BCUT2D eigenvalue weighted by molar-refractivity contribution is 7.73. The van der Waals surface area contributed by atoms with Crippen molar-refractivity contribution < 1.29 is 5.11 Å². The van der Waals surface area contributed by atoms with E-state index in [1.54, 1.807) is 17.0 Å². The number of pyridine rings is 1. The van der Waals surface area contributed by atoms with Gasteiger partial charge in [-0.2, -0.15) is 0 Å². The molecular weight excluding hydrogens is 350 g/mol. The highest BCUT2D eigenvalue weighted by Gasteiger charge is 2.17. The SMILES string of the molecule is CCc1cccc2c1N=C/C2=C\c1sc(=S)n(-c2cccnc2)c1O. The third-order valence-electron chi connectivity index (χ3n) is 4.15. The second-order valence-electron chi connectivity index (χ2n) is 5.63. The average molecular weight is 365 g/mol. The summed E-state index contributed by atoms with van der Waals surface area (Å²) < 4.78 is 2.21. The first kappa shape index (κ1) is 15.9. The van der Waals surface area contributed by atoms with Crippen molar-refractivity contribution >= 4 is 47.1 Å². The van der Waals surface area contributed by atoms with Gasteiger partial charge in [-0.05, 0) is 42.4 Å². The molecule has 0 unspecified atom stereocenters. The van der Waals surface area contributed by atoms with E-state index in [0.717, 1.165) is 28.9 Å². The number of rotatable bonds is 3. The second-order valence-corrected chi connectivity index (χ2v) is 7.30. The molecule has 0 amide bonds. The third kappa shape index (κ3) is 2.73. The first-order valence-corrected chi connectivity index (χ1v) is 9.14. The zero-order chi connectivity index (χ0) is 17.4. The predicted molar refractivity (Wildman–Crippen MR) is 106 cm³/mol. The minimum absolute atomic E-state index is 0.129. The van der Waals surface area contributed by atoms with E-state index in [1.807, 2.05) is 30.5 Å². The summed E-state index contributed by atoms with van der Waals surface area (Å²) >= 11 is 6.80. The van der Waals surface area contributed by atoms with Gasteiger partial charge < -0.3 is 5.11 Å². The van der Waals surface area contributed by atoms with E-state index in [4.69, 9.17) is 12.2 Å². The summed E-state index contributed by atoms with van der Waals surface area (Å²) in [6.07, 6.45) is 8.10. The highest BCUT2D eigenvalue weighted by Crippen LogP contribution is 2.38. The summed E-state index contributed by atoms with van der Waals surface area (Å²) in [6.45, 7) is 2.12. The van der Waals surface area contributed by atoms with Crippen LogP contribution in [0.25, 0.3) is 17.3 Å². The molecule has 0 saturated carbocycles. The number of aliphatic imine (C=N–C) groups is 1. The van der Waals surface area contributed by atoms with Crippen LogP contribution in [0.1, 0.15) is 22.9 Å². The van der Waals surface area contributed by atoms with Crippen LogP contribution in [-0.4, -0.2) is 20.9 Å². The molecule has 2 aromatic heterocycles. The largest absolute Gasteiger partial charge is 0.493 e. The van der Waals surface area contributed by atoms with Crippen LogP contribution in [0.4, 0.5) is 5.69 Å². The maximum Gasteiger partial charge on any atom is 0.215 e. The van der Waals surface area contributed by atoms with Crippen LogP contribution < -0.4 is 0 Å². The smallest absolute Gasteiger partial charge is 0.215 e. The number of hydrogen-bond donors (Lipinski definition) is 1. The first-order valence-electron chi connectivity index (χ1n) is 7.92. The van der Waals surface area contributed by atoms with E-state index in [2.05, 4.69) is 29.0 Å². The summed E-state index contributed by atoms with van der Waals surface area (Å²) in [5.41, 5.74) is 5.06. The fourth-order valence-corrected chi connectivity index (χ4v) is 4.21. The molecule has 25 heavy (non-hydrogen) atoms. The molecule has 0 bridgehead atoms. The molecule has 0 spiro atoms. The molecule has 124 valence electrons. The van der Waals surface area contributed by atoms with Gasteiger partial charge in [-0.3, -0.25) is 14.5 Å². The third-order valence-corrected chi connectivity index (χ3v) is 5.46. The molecule has 1 N–H and O–H groups in total. The molecule has 3 aromatic rings. The van der Waals surface area contributed by atoms with E-state index in [9.17, 15) is 5.11 Å². The molecule has 4 rings (SSSR count). The lowest BCUT2D eigenvalue weighted by Crippen LogP contribution is -1.93. The van der Waals surface area contributed by atoms with Gasteiger partial charge >= 0.3 is 0 Å². The van der Waals surface area contributed by atoms with Crippen molar-refractivity contribution in [2.75, 3.05) is 0 Å². The molecule has 6 heteroatoms. The molecular formula is C19H15N3OS2. The fraction of sp³-hybridized carbons (Fsp3) is 0.105. The Morgan fingerprint density at radius 2 is 2.16 bits per heavy atom. The van der Waals surface area contributed by atoms with Crippen molar-refractivity contribution in [3.63, 3.8) is 0 Å². The van der Waals surface area contributed by atoms with Crippen molar-refractivity contribution in [3.05, 3.63) is 62.7 Å². The number of para-hydroxylation sites is 1. The van der Waals surface area contributed by atoms with E-state index >= 15 is 0 Å². The Morgan fingerprint density at radius 1 is 1.28 bits per heavy atom. The maximum absolute atomic E-state index is 10.7. The monoisotopic (exact) mass is 365 g/mol. The molecule has 4 nitrogen and oxygen atoms in total. The average Bonchev–Trinajstić information content (AvgIpc) is 3.17. The van der Waals surface area contributed by atoms with Crippen LogP contribution in [0, 0.1) is 3.95 Å². The molecule has 3 heterocycles. The number of thiazole rings is 1. The zero-order valence-electron chi connectivity index (χ0n) is 13.5. The van der Waals surface area contributed by atoms with E-state index < -0.39 is 0 Å². The van der Waals surface area contributed by atoms with Gasteiger partial charge in [-0.1, -0.05) is 25.1 Å². The zero-order valence-corrected chi connectivity index (χ0v) is 15.1. The molecule has 0 radical (unpaired) electrons. The van der Waals surface area contributed by atoms with Gasteiger partial charge in [0.05, 0.1) is 22.4 Å². The van der Waals surface area contributed by atoms with Gasteiger partial charge in [-0.25, -0.2) is 0 Å². The Bertz CT molecular complexity index is 1060. The van der Waals surface area contributed by atoms with E-state index in [-0.39, 0.29) is 5.88 Å². The lowest BCUT2D eigenvalue weighted by atomic mass is 10.0. The maximum atomic E-state index is 10.7. The molecule has 0 fully saturated rings. The number of nitrogens with zero attached hydrogens (tertiary/aromatic N) is 3. The van der Waals surface area contributed by atoms with Gasteiger partial charge in [-0.15, -0.1) is 11.3 Å². The van der Waals surface area contributed by atoms with Crippen LogP contribution in [-0.2, 0) is 6.42 Å². The fourth-order valence-electron chi connectivity index (χ4n) is 2.91. The lowest BCUT2D eigenvalue weighted by molar-refractivity contribution is 0.441. The molecule has 0 aliphatic carbocycles. The van der Waals surface area contributed by atoms with Gasteiger partial charge in [0.15, 0.2) is 3.95 Å². The Kier molecular flexibility index (Phi) is 4.07. The predicted octanol–water partition coefficient (Wildman–Crippen LogP) is 5.19. The Morgan fingerprint density at radius 3 is 2.92 bits per heavy atom. The summed E-state index contributed by atoms with van der Waals surface area (Å²) in [7, 11) is 0. The van der Waals surface area contributed by atoms with Crippen molar-refractivity contribution in [1.82, 2.24) is 9.55 Å². The lowest BCUT2D eigenvalue weighted by Gasteiger charge is -2.05. The van der Waals surface area contributed by atoms with Gasteiger partial charge in [0, 0.05) is 23.5 Å². The second kappa shape index (κ2) is 6.38. The standard InChI is InChI=1S/C19H15N3OS2/c1-2-12-5-3-7-15-13(10-21-17(12)15)9-16-18(23)22(19(24)25-16)14-6-4-8-20-11-14/h3-11,23H,2H2,1H3/b13-9+. The van der Waals surface area contributed by atoms with Crippen LogP contribution in [0.2, 0.25) is 0 Å². The number of allylic oxidation sites excluding steroid dienone is 1. The molecule has 1 aliphatic rings. The normalized spacial score (nSPS) is 14.2. The Hall–Kier alpha value is -2.57. The minimum atomic E-state index is 0.129. The quantitative estimate of drug-likeness (QED) is 0.650. The van der Waals surface area contributed by atoms with Gasteiger partial charge in [0.25, 0.3) is 0 Å². The number of benzene rings is 1. The molecule has 1 aromatic carbocycles. The number of aromatic nitrogens is 2. The number of fused-ring (bicyclic) bond motifs is 1. The van der Waals surface area contributed by atoms with Crippen LogP contribution in [0.5, 0.6) is 5.88 Å². The van der Waals surface area contributed by atoms with Crippen molar-refractivity contribution in [1.29, 1.82) is 0 Å². The summed E-state index contributed by atoms with van der Waals surface area (Å²) in [6, 6.07) is 9.88. The molecule has 0 atom stereocenters. The summed E-state index contributed by atoms with van der Waals surface area (Å²) in [5.74, 6) is 0.129. The van der Waals surface area contributed by atoms with Crippen LogP contribution >= 0.6 is 23.6 Å². The Labute approximate surface area is 154 Å². The van der Waals surface area contributed by atoms with E-state index in [0.29, 0.717) is 8.83 Å². The van der Waals surface area contributed by atoms with Gasteiger partial charge in [0.1, 0.15) is 0 Å². The minimum Gasteiger partial charge on any atom is -0.493 e. The number of aromatic hydroxyl groups is 1. The van der Waals surface area contributed by atoms with E-state index in [1.165, 1.54) is 16.9 Å². The first-order chi connectivity index (χ1) is 12.2. The van der Waals surface area contributed by atoms with Crippen molar-refractivity contribution in [2.45, 2.75) is 13.3 Å². The molecule has 1 aliphatic heterocycles. The van der Waals surface area contributed by atoms with Crippen molar-refractivity contribution in [2.24, 2.45) is 4.99 Å². The summed E-state index contributed by atoms with van der Waals surface area (Å²) in [5, 5.41) is 10.7. The number of aryl methyl sites for hydroxylation is 1. The topological polar surface area (TPSA) is 50.4 Å². The Balaban J connectivity index is 1.81. The molecule has 0 saturated heterocycles. The van der Waals surface area contributed by atoms with Gasteiger partial charge in [0.2, 0.25) is 5.88 Å². The van der Waals surface area contributed by atoms with Crippen LogP contribution in [0.3, 0.4) is 0 Å². The summed E-state index contributed by atoms with van der Waals surface area (Å²) in [4.78, 5) is 9.36.